The quantitative estimate of drug-likeness (QED) is 0.583. The first-order chi connectivity index (χ1) is 15.1. The van der Waals surface area contributed by atoms with Gasteiger partial charge in [0, 0.05) is 31.7 Å². The second-order valence-corrected chi connectivity index (χ2v) is 7.95. The molecule has 2 aromatic carbocycles. The summed E-state index contributed by atoms with van der Waals surface area (Å²) in [5.41, 5.74) is 3.33. The van der Waals surface area contributed by atoms with Gasteiger partial charge in [-0.1, -0.05) is 52.7 Å². The second kappa shape index (κ2) is 9.75. The van der Waals surface area contributed by atoms with Crippen LogP contribution in [0.2, 0.25) is 0 Å². The van der Waals surface area contributed by atoms with Crippen LogP contribution in [0.15, 0.2) is 53.1 Å². The molecule has 1 saturated heterocycles. The van der Waals surface area contributed by atoms with Crippen LogP contribution in [0.3, 0.4) is 0 Å². The number of carbonyl (C=O) groups is 1. The van der Waals surface area contributed by atoms with Crippen LogP contribution >= 0.6 is 0 Å². The van der Waals surface area contributed by atoms with Crippen molar-refractivity contribution < 1.29 is 14.1 Å². The Morgan fingerprint density at radius 1 is 0.968 bits per heavy atom. The van der Waals surface area contributed by atoms with Crippen molar-refractivity contribution in [1.29, 1.82) is 0 Å². The molecule has 0 radical (unpaired) electrons. The van der Waals surface area contributed by atoms with Gasteiger partial charge in [0.05, 0.1) is 19.6 Å². The molecule has 1 fully saturated rings. The van der Waals surface area contributed by atoms with E-state index in [4.69, 9.17) is 9.26 Å². The van der Waals surface area contributed by atoms with Crippen molar-refractivity contribution in [1.82, 2.24) is 19.9 Å². The Morgan fingerprint density at radius 2 is 1.61 bits per heavy atom. The zero-order valence-corrected chi connectivity index (χ0v) is 18.1. The lowest BCUT2D eigenvalue weighted by Crippen LogP contribution is -2.48. The van der Waals surface area contributed by atoms with Gasteiger partial charge in [0.2, 0.25) is 17.6 Å². The molecular weight excluding hydrogens is 392 g/mol. The van der Waals surface area contributed by atoms with Gasteiger partial charge in [0.15, 0.2) is 0 Å². The second-order valence-electron chi connectivity index (χ2n) is 7.95. The third-order valence-electron chi connectivity index (χ3n) is 5.47. The fraction of sp³-hybridized carbons (Fsp3) is 0.375. The van der Waals surface area contributed by atoms with Crippen molar-refractivity contribution >= 4 is 5.91 Å². The first-order valence-corrected chi connectivity index (χ1v) is 10.7. The number of amides is 1. The minimum atomic E-state index is 0.131. The van der Waals surface area contributed by atoms with E-state index >= 15 is 0 Å². The predicted octanol–water partition coefficient (Wildman–Crippen LogP) is 3.47. The molecule has 7 heteroatoms. The fourth-order valence-electron chi connectivity index (χ4n) is 3.53. The van der Waals surface area contributed by atoms with E-state index in [0.717, 1.165) is 24.4 Å². The summed E-state index contributed by atoms with van der Waals surface area (Å²) < 4.78 is 11.1. The molecule has 0 saturated carbocycles. The number of carbonyl (C=O) groups excluding carboxylic acids is 1. The Labute approximate surface area is 182 Å². The molecule has 162 valence electrons. The highest BCUT2D eigenvalue weighted by atomic mass is 16.5. The van der Waals surface area contributed by atoms with Crippen molar-refractivity contribution in [2.24, 2.45) is 0 Å². The summed E-state index contributed by atoms with van der Waals surface area (Å²) in [6.07, 6.45) is 0.386. The summed E-state index contributed by atoms with van der Waals surface area (Å²) >= 11 is 0. The fourth-order valence-corrected chi connectivity index (χ4v) is 3.53. The van der Waals surface area contributed by atoms with E-state index in [2.05, 4.69) is 15.0 Å². The molecule has 31 heavy (non-hydrogen) atoms. The van der Waals surface area contributed by atoms with Crippen molar-refractivity contribution in [3.8, 4) is 17.1 Å². The van der Waals surface area contributed by atoms with Crippen molar-refractivity contribution in [3.05, 3.63) is 65.5 Å². The molecule has 0 bridgehead atoms. The first-order valence-electron chi connectivity index (χ1n) is 10.7. The smallest absolute Gasteiger partial charge is 0.241 e. The molecule has 1 amide bonds. The highest BCUT2D eigenvalue weighted by Crippen LogP contribution is 2.17. The number of benzene rings is 2. The Morgan fingerprint density at radius 3 is 2.29 bits per heavy atom. The maximum Gasteiger partial charge on any atom is 0.241 e. The number of aromatic nitrogens is 2. The molecule has 0 unspecified atom stereocenters. The summed E-state index contributed by atoms with van der Waals surface area (Å²) in [6, 6.07) is 15.9. The number of piperazine rings is 1. The summed E-state index contributed by atoms with van der Waals surface area (Å²) in [6.45, 7) is 8.04. The molecule has 1 aliphatic heterocycles. The van der Waals surface area contributed by atoms with Crippen LogP contribution in [0.25, 0.3) is 11.4 Å². The zero-order chi connectivity index (χ0) is 21.6. The maximum absolute atomic E-state index is 12.5. The molecule has 1 aromatic heterocycles. The number of rotatable bonds is 7. The molecule has 4 rings (SSSR count). The molecule has 0 spiro atoms. The van der Waals surface area contributed by atoms with Crippen LogP contribution in [0, 0.1) is 13.8 Å². The lowest BCUT2D eigenvalue weighted by Gasteiger charge is -2.34. The summed E-state index contributed by atoms with van der Waals surface area (Å²) in [7, 11) is 0. The normalized spacial score (nSPS) is 14.6. The van der Waals surface area contributed by atoms with Crippen LogP contribution in [0.4, 0.5) is 0 Å². The first kappa shape index (κ1) is 21.1. The molecule has 0 atom stereocenters. The van der Waals surface area contributed by atoms with Gasteiger partial charge in [-0.2, -0.15) is 4.98 Å². The van der Waals surface area contributed by atoms with E-state index in [1.54, 1.807) is 0 Å². The number of nitrogens with zero attached hydrogens (tertiary/aromatic N) is 4. The summed E-state index contributed by atoms with van der Waals surface area (Å²) in [4.78, 5) is 21.1. The highest BCUT2D eigenvalue weighted by molar-refractivity contribution is 5.76. The Balaban J connectivity index is 1.20. The van der Waals surface area contributed by atoms with Gasteiger partial charge in [-0.25, -0.2) is 0 Å². The minimum Gasteiger partial charge on any atom is -0.493 e. The van der Waals surface area contributed by atoms with E-state index in [1.165, 1.54) is 11.1 Å². The van der Waals surface area contributed by atoms with Crippen LogP contribution in [-0.2, 0) is 11.3 Å². The van der Waals surface area contributed by atoms with Crippen LogP contribution in [0.5, 0.6) is 5.75 Å². The minimum absolute atomic E-state index is 0.131. The molecule has 0 aliphatic carbocycles. The van der Waals surface area contributed by atoms with Crippen LogP contribution in [0.1, 0.15) is 23.4 Å². The van der Waals surface area contributed by atoms with E-state index < -0.39 is 0 Å². The topological polar surface area (TPSA) is 71.7 Å². The third-order valence-corrected chi connectivity index (χ3v) is 5.47. The molecule has 2 heterocycles. The van der Waals surface area contributed by atoms with Gasteiger partial charge >= 0.3 is 0 Å². The summed E-state index contributed by atoms with van der Waals surface area (Å²) in [5.74, 6) is 2.14. The zero-order valence-electron chi connectivity index (χ0n) is 18.1. The SMILES string of the molecule is Cc1ccc(OCCC(=O)N2CCN(Cc3nc(-c4ccc(C)cc4)no3)CC2)cc1. The van der Waals surface area contributed by atoms with Crippen LogP contribution in [-0.4, -0.2) is 58.6 Å². The lowest BCUT2D eigenvalue weighted by molar-refractivity contribution is -0.133. The largest absolute Gasteiger partial charge is 0.493 e. The van der Waals surface area contributed by atoms with E-state index in [1.807, 2.05) is 67.3 Å². The van der Waals surface area contributed by atoms with Gasteiger partial charge in [0.1, 0.15) is 5.75 Å². The van der Waals surface area contributed by atoms with Crippen molar-refractivity contribution in [3.63, 3.8) is 0 Å². The number of aryl methyl sites for hydroxylation is 2. The average molecular weight is 421 g/mol. The van der Waals surface area contributed by atoms with Crippen LogP contribution < -0.4 is 4.74 Å². The van der Waals surface area contributed by atoms with Gasteiger partial charge in [-0.15, -0.1) is 0 Å². The van der Waals surface area contributed by atoms with Gasteiger partial charge in [0.25, 0.3) is 0 Å². The van der Waals surface area contributed by atoms with E-state index in [9.17, 15) is 4.79 Å². The monoisotopic (exact) mass is 420 g/mol. The molecular formula is C24H28N4O3. The number of hydrogen-bond acceptors (Lipinski definition) is 6. The molecule has 7 nitrogen and oxygen atoms in total. The summed E-state index contributed by atoms with van der Waals surface area (Å²) in [5, 5.41) is 4.10. The van der Waals surface area contributed by atoms with Crippen molar-refractivity contribution in [2.45, 2.75) is 26.8 Å². The molecule has 1 aliphatic rings. The lowest BCUT2D eigenvalue weighted by atomic mass is 10.1. The van der Waals surface area contributed by atoms with E-state index in [-0.39, 0.29) is 5.91 Å². The highest BCUT2D eigenvalue weighted by Gasteiger charge is 2.22. The predicted molar refractivity (Wildman–Crippen MR) is 118 cm³/mol. The Kier molecular flexibility index (Phi) is 6.62. The molecule has 3 aromatic rings. The van der Waals surface area contributed by atoms with Gasteiger partial charge in [-0.3, -0.25) is 9.69 Å². The van der Waals surface area contributed by atoms with Crippen molar-refractivity contribution in [2.75, 3.05) is 32.8 Å². The standard InChI is InChI=1S/C24H28N4O3/c1-18-3-7-20(8-4-18)24-25-22(31-26-24)17-27-12-14-28(15-13-27)23(29)11-16-30-21-9-5-19(2)6-10-21/h3-10H,11-17H2,1-2H3. The van der Waals surface area contributed by atoms with Gasteiger partial charge < -0.3 is 14.2 Å². The number of ether oxygens (including phenoxy) is 1. The maximum atomic E-state index is 12.5. The third kappa shape index (κ3) is 5.70. The Hall–Kier alpha value is -3.19. The number of hydrogen-bond donors (Lipinski definition) is 0. The average Bonchev–Trinajstić information content (AvgIpc) is 3.24. The van der Waals surface area contributed by atoms with E-state index in [0.29, 0.717) is 44.4 Å². The molecule has 0 N–H and O–H groups in total. The Bertz CT molecular complexity index is 990. The van der Waals surface area contributed by atoms with Gasteiger partial charge in [-0.05, 0) is 26.0 Å².